The Hall–Kier alpha value is -2.45. The standard InChI is InChI=1S/C22H30N4O3S/c1-14-15(2)20(29-5)7-6-17(14)11-26-9-8-23-22(28)19(26)10-21(27)25(4)12-18-13-30-16(3)24-18/h6-7,13,19H,8-12H2,1-5H3,(H,23,28). The maximum atomic E-state index is 12.8. The van der Waals surface area contributed by atoms with E-state index in [4.69, 9.17) is 4.74 Å². The van der Waals surface area contributed by atoms with Crippen LogP contribution in [0.1, 0.15) is 33.8 Å². The number of carbonyl (C=O) groups excluding carboxylic acids is 2. The highest BCUT2D eigenvalue weighted by molar-refractivity contribution is 7.09. The summed E-state index contributed by atoms with van der Waals surface area (Å²) in [4.78, 5) is 33.6. The molecular weight excluding hydrogens is 400 g/mol. The number of ether oxygens (including phenoxy) is 1. The molecule has 1 saturated heterocycles. The van der Waals surface area contributed by atoms with E-state index < -0.39 is 6.04 Å². The molecule has 2 heterocycles. The Bertz CT molecular complexity index is 927. The van der Waals surface area contributed by atoms with E-state index in [9.17, 15) is 9.59 Å². The van der Waals surface area contributed by atoms with Crippen molar-refractivity contribution in [3.8, 4) is 5.75 Å². The number of hydrogen-bond acceptors (Lipinski definition) is 6. The fourth-order valence-electron chi connectivity index (χ4n) is 3.77. The Balaban J connectivity index is 1.71. The smallest absolute Gasteiger partial charge is 0.237 e. The van der Waals surface area contributed by atoms with E-state index in [0.29, 0.717) is 26.2 Å². The Kier molecular flexibility index (Phi) is 7.10. The lowest BCUT2D eigenvalue weighted by atomic mass is 10.00. The van der Waals surface area contributed by atoms with Crippen LogP contribution in [0.3, 0.4) is 0 Å². The number of amides is 2. The molecule has 0 saturated carbocycles. The number of benzene rings is 1. The van der Waals surface area contributed by atoms with E-state index >= 15 is 0 Å². The average molecular weight is 431 g/mol. The van der Waals surface area contributed by atoms with Gasteiger partial charge in [0.05, 0.1) is 36.8 Å². The van der Waals surface area contributed by atoms with Crippen LogP contribution < -0.4 is 10.1 Å². The molecule has 30 heavy (non-hydrogen) atoms. The second-order valence-corrected chi connectivity index (χ2v) is 8.83. The molecule has 0 spiro atoms. The number of methoxy groups -OCH3 is 1. The molecule has 0 bridgehead atoms. The van der Waals surface area contributed by atoms with Gasteiger partial charge in [-0.2, -0.15) is 0 Å². The maximum absolute atomic E-state index is 12.8. The fraction of sp³-hybridized carbons (Fsp3) is 0.500. The van der Waals surface area contributed by atoms with Gasteiger partial charge in [0.1, 0.15) is 5.75 Å². The first-order valence-electron chi connectivity index (χ1n) is 10.1. The molecule has 1 atom stereocenters. The number of rotatable bonds is 7. The summed E-state index contributed by atoms with van der Waals surface area (Å²) in [5.41, 5.74) is 4.28. The van der Waals surface area contributed by atoms with Crippen molar-refractivity contribution in [1.29, 1.82) is 0 Å². The third-order valence-corrected chi connectivity index (χ3v) is 6.57. The van der Waals surface area contributed by atoms with Crippen molar-refractivity contribution < 1.29 is 14.3 Å². The predicted molar refractivity (Wildman–Crippen MR) is 118 cm³/mol. The van der Waals surface area contributed by atoms with Gasteiger partial charge in [0.2, 0.25) is 11.8 Å². The molecule has 1 aromatic heterocycles. The van der Waals surface area contributed by atoms with Crippen LogP contribution in [0, 0.1) is 20.8 Å². The van der Waals surface area contributed by atoms with Crippen LogP contribution in [0.25, 0.3) is 0 Å². The van der Waals surface area contributed by atoms with Crippen LogP contribution in [0.5, 0.6) is 5.75 Å². The highest BCUT2D eigenvalue weighted by atomic mass is 32.1. The third-order valence-electron chi connectivity index (χ3n) is 5.74. The van der Waals surface area contributed by atoms with E-state index in [-0.39, 0.29) is 18.2 Å². The Morgan fingerprint density at radius 1 is 1.33 bits per heavy atom. The normalized spacial score (nSPS) is 17.0. The van der Waals surface area contributed by atoms with Gasteiger partial charge in [-0.05, 0) is 43.5 Å². The molecule has 0 radical (unpaired) electrons. The minimum atomic E-state index is -0.479. The minimum absolute atomic E-state index is 0.0599. The van der Waals surface area contributed by atoms with Gasteiger partial charge in [-0.3, -0.25) is 14.5 Å². The van der Waals surface area contributed by atoms with Crippen molar-refractivity contribution in [3.05, 3.63) is 44.9 Å². The van der Waals surface area contributed by atoms with Crippen molar-refractivity contribution >= 4 is 23.2 Å². The van der Waals surface area contributed by atoms with Crippen LogP contribution in [0.4, 0.5) is 0 Å². The zero-order chi connectivity index (χ0) is 21.8. The Labute approximate surface area is 182 Å². The van der Waals surface area contributed by atoms with Crippen molar-refractivity contribution in [3.63, 3.8) is 0 Å². The summed E-state index contributed by atoms with van der Waals surface area (Å²) in [7, 11) is 3.43. The SMILES string of the molecule is COc1ccc(CN2CCNC(=O)C2CC(=O)N(C)Cc2csc(C)n2)c(C)c1C. The van der Waals surface area contributed by atoms with Crippen LogP contribution >= 0.6 is 11.3 Å². The molecule has 7 nitrogen and oxygen atoms in total. The highest BCUT2D eigenvalue weighted by Gasteiger charge is 2.32. The second-order valence-electron chi connectivity index (χ2n) is 7.77. The molecule has 3 rings (SSSR count). The first-order chi connectivity index (χ1) is 14.3. The van der Waals surface area contributed by atoms with Crippen LogP contribution in [-0.4, -0.2) is 59.9 Å². The lowest BCUT2D eigenvalue weighted by Gasteiger charge is -2.35. The number of carbonyl (C=O) groups is 2. The van der Waals surface area contributed by atoms with Gasteiger partial charge in [-0.1, -0.05) is 6.07 Å². The zero-order valence-electron chi connectivity index (χ0n) is 18.3. The van der Waals surface area contributed by atoms with Crippen LogP contribution in [0.2, 0.25) is 0 Å². The van der Waals surface area contributed by atoms with Crippen LogP contribution in [0.15, 0.2) is 17.5 Å². The molecule has 1 aliphatic rings. The topological polar surface area (TPSA) is 74.8 Å². The molecule has 1 aliphatic heterocycles. The third kappa shape index (κ3) is 4.99. The summed E-state index contributed by atoms with van der Waals surface area (Å²) < 4.78 is 5.41. The van der Waals surface area contributed by atoms with Crippen LogP contribution in [-0.2, 0) is 22.7 Å². The van der Waals surface area contributed by atoms with Crippen molar-refractivity contribution in [2.45, 2.75) is 46.3 Å². The molecular formula is C22H30N4O3S. The second kappa shape index (κ2) is 9.57. The first kappa shape index (κ1) is 22.2. The molecule has 2 aromatic rings. The lowest BCUT2D eigenvalue weighted by Crippen LogP contribution is -2.56. The van der Waals surface area contributed by atoms with E-state index in [2.05, 4.69) is 22.1 Å². The van der Waals surface area contributed by atoms with Crippen molar-refractivity contribution in [1.82, 2.24) is 20.1 Å². The van der Waals surface area contributed by atoms with E-state index in [1.165, 1.54) is 0 Å². The van der Waals surface area contributed by atoms with Crippen molar-refractivity contribution in [2.75, 3.05) is 27.2 Å². The summed E-state index contributed by atoms with van der Waals surface area (Å²) in [5.74, 6) is 0.712. The molecule has 1 unspecified atom stereocenters. The summed E-state index contributed by atoms with van der Waals surface area (Å²) in [6.07, 6.45) is 0.152. The quantitative estimate of drug-likeness (QED) is 0.730. The maximum Gasteiger partial charge on any atom is 0.237 e. The predicted octanol–water partition coefficient (Wildman–Crippen LogP) is 2.43. The molecule has 1 N–H and O–H groups in total. The summed E-state index contributed by atoms with van der Waals surface area (Å²) >= 11 is 1.57. The molecule has 162 valence electrons. The van der Waals surface area contributed by atoms with Gasteiger partial charge in [0.15, 0.2) is 0 Å². The largest absolute Gasteiger partial charge is 0.496 e. The molecule has 8 heteroatoms. The van der Waals surface area contributed by atoms with E-state index in [1.807, 2.05) is 31.4 Å². The van der Waals surface area contributed by atoms with Gasteiger partial charge in [-0.25, -0.2) is 4.98 Å². The average Bonchev–Trinajstić information content (AvgIpc) is 3.12. The Morgan fingerprint density at radius 2 is 2.10 bits per heavy atom. The van der Waals surface area contributed by atoms with E-state index in [0.717, 1.165) is 33.1 Å². The zero-order valence-corrected chi connectivity index (χ0v) is 19.1. The van der Waals surface area contributed by atoms with Gasteiger partial charge < -0.3 is 15.0 Å². The number of hydrogen-bond donors (Lipinski definition) is 1. The fourth-order valence-corrected chi connectivity index (χ4v) is 4.37. The lowest BCUT2D eigenvalue weighted by molar-refractivity contribution is -0.138. The van der Waals surface area contributed by atoms with Gasteiger partial charge in [0.25, 0.3) is 0 Å². The Morgan fingerprint density at radius 3 is 2.77 bits per heavy atom. The first-order valence-corrected chi connectivity index (χ1v) is 11.0. The van der Waals surface area contributed by atoms with Gasteiger partial charge in [0, 0.05) is 32.1 Å². The number of piperazine rings is 1. The van der Waals surface area contributed by atoms with Gasteiger partial charge in [-0.15, -0.1) is 11.3 Å². The molecule has 1 aromatic carbocycles. The molecule has 2 amide bonds. The monoisotopic (exact) mass is 430 g/mol. The highest BCUT2D eigenvalue weighted by Crippen LogP contribution is 2.26. The van der Waals surface area contributed by atoms with Gasteiger partial charge >= 0.3 is 0 Å². The number of thiazole rings is 1. The number of aryl methyl sites for hydroxylation is 1. The summed E-state index contributed by atoms with van der Waals surface area (Å²) in [6, 6.07) is 3.53. The van der Waals surface area contributed by atoms with E-state index in [1.54, 1.807) is 30.4 Å². The summed E-state index contributed by atoms with van der Waals surface area (Å²) in [5, 5.41) is 5.85. The molecule has 0 aliphatic carbocycles. The molecule has 1 fully saturated rings. The summed E-state index contributed by atoms with van der Waals surface area (Å²) in [6.45, 7) is 8.43. The number of aromatic nitrogens is 1. The number of nitrogens with one attached hydrogen (secondary N) is 1. The number of nitrogens with zero attached hydrogens (tertiary/aromatic N) is 3. The van der Waals surface area contributed by atoms with Crippen molar-refractivity contribution in [2.24, 2.45) is 0 Å². The minimum Gasteiger partial charge on any atom is -0.496 e.